The second kappa shape index (κ2) is 5.42. The fraction of sp³-hybridized carbons (Fsp3) is 0.667. The number of hydrogen-bond donors (Lipinski definition) is 1. The lowest BCUT2D eigenvalue weighted by Gasteiger charge is -2.10. The first-order valence-corrected chi connectivity index (χ1v) is 6.12. The van der Waals surface area contributed by atoms with Crippen LogP contribution in [0.3, 0.4) is 0 Å². The minimum Gasteiger partial charge on any atom is -0.366 e. The molecule has 1 aromatic rings. The van der Waals surface area contributed by atoms with E-state index in [0.29, 0.717) is 13.0 Å². The number of nitrogens with two attached hydrogens (primary N) is 1. The predicted molar refractivity (Wildman–Crippen MR) is 63.6 cm³/mol. The number of carbonyl (C=O) groups is 1. The highest BCUT2D eigenvalue weighted by Gasteiger charge is 2.29. The van der Waals surface area contributed by atoms with Crippen LogP contribution in [0.4, 0.5) is 0 Å². The van der Waals surface area contributed by atoms with Crippen molar-refractivity contribution in [3.63, 3.8) is 0 Å². The highest BCUT2D eigenvalue weighted by molar-refractivity contribution is 5.85. The van der Waals surface area contributed by atoms with Gasteiger partial charge in [-0.05, 0) is 25.3 Å². The molecule has 0 amide bonds. The number of aromatic nitrogens is 2. The van der Waals surface area contributed by atoms with Crippen molar-refractivity contribution in [2.45, 2.75) is 44.9 Å². The van der Waals surface area contributed by atoms with Crippen molar-refractivity contribution >= 4 is 5.78 Å². The van der Waals surface area contributed by atoms with Gasteiger partial charge in [-0.3, -0.25) is 9.48 Å². The first-order chi connectivity index (χ1) is 8.22. The molecule has 17 heavy (non-hydrogen) atoms. The van der Waals surface area contributed by atoms with E-state index in [1.165, 1.54) is 0 Å². The first-order valence-electron chi connectivity index (χ1n) is 6.12. The van der Waals surface area contributed by atoms with Crippen LogP contribution in [-0.2, 0) is 22.5 Å². The Bertz CT molecular complexity index is 389. The topological polar surface area (TPSA) is 70.1 Å². The van der Waals surface area contributed by atoms with Gasteiger partial charge in [0.15, 0.2) is 5.78 Å². The summed E-state index contributed by atoms with van der Waals surface area (Å²) in [7, 11) is 0. The van der Waals surface area contributed by atoms with Crippen LogP contribution in [0.5, 0.6) is 0 Å². The van der Waals surface area contributed by atoms with E-state index in [-0.39, 0.29) is 18.0 Å². The quantitative estimate of drug-likeness (QED) is 0.810. The molecule has 0 aliphatic carbocycles. The van der Waals surface area contributed by atoms with E-state index < -0.39 is 0 Å². The molecule has 1 fully saturated rings. The van der Waals surface area contributed by atoms with Gasteiger partial charge in [-0.1, -0.05) is 0 Å². The average Bonchev–Trinajstić information content (AvgIpc) is 2.96. The molecule has 5 heteroatoms. The van der Waals surface area contributed by atoms with Crippen LogP contribution in [0.2, 0.25) is 0 Å². The maximum Gasteiger partial charge on any atom is 0.166 e. The van der Waals surface area contributed by atoms with E-state index in [1.807, 2.05) is 17.8 Å². The zero-order valence-corrected chi connectivity index (χ0v) is 10.1. The van der Waals surface area contributed by atoms with Crippen LogP contribution < -0.4 is 5.73 Å². The lowest BCUT2D eigenvalue weighted by molar-refractivity contribution is -0.128. The van der Waals surface area contributed by atoms with Crippen molar-refractivity contribution in [2.75, 3.05) is 6.54 Å². The number of nitrogens with zero attached hydrogens (tertiary/aromatic N) is 2. The van der Waals surface area contributed by atoms with Crippen LogP contribution in [0, 0.1) is 0 Å². The van der Waals surface area contributed by atoms with Crippen molar-refractivity contribution in [1.82, 2.24) is 9.78 Å². The Morgan fingerprint density at radius 1 is 1.65 bits per heavy atom. The standard InChI is InChI=1S/C12H19N3O2/c1-2-15-8-9(7-14-15)5-11(16)12-4-3-10(6-13)17-12/h7-8,10,12H,2-6,13H2,1H3. The third kappa shape index (κ3) is 2.92. The second-order valence-corrected chi connectivity index (χ2v) is 4.41. The minimum atomic E-state index is -0.270. The molecular weight excluding hydrogens is 218 g/mol. The number of Topliss-reactive ketones (excluding diaryl/α,β-unsaturated/α-hetero) is 1. The van der Waals surface area contributed by atoms with E-state index in [2.05, 4.69) is 5.10 Å². The SMILES string of the molecule is CCn1cc(CC(=O)C2CCC(CN)O2)cn1. The summed E-state index contributed by atoms with van der Waals surface area (Å²) in [6.45, 7) is 3.34. The predicted octanol–water partition coefficient (Wildman–Crippen LogP) is 0.521. The Hall–Kier alpha value is -1.20. The molecular formula is C12H19N3O2. The van der Waals surface area contributed by atoms with E-state index in [9.17, 15) is 4.79 Å². The molecule has 2 rings (SSSR count). The van der Waals surface area contributed by atoms with Gasteiger partial charge in [0.1, 0.15) is 6.10 Å². The van der Waals surface area contributed by atoms with Crippen molar-refractivity contribution in [2.24, 2.45) is 5.73 Å². The Morgan fingerprint density at radius 3 is 3.06 bits per heavy atom. The number of rotatable bonds is 5. The third-order valence-electron chi connectivity index (χ3n) is 3.12. The van der Waals surface area contributed by atoms with Crippen LogP contribution in [0.15, 0.2) is 12.4 Å². The fourth-order valence-electron chi connectivity index (χ4n) is 2.10. The highest BCUT2D eigenvalue weighted by atomic mass is 16.5. The Kier molecular flexibility index (Phi) is 3.91. The minimum absolute atomic E-state index is 0.0577. The van der Waals surface area contributed by atoms with E-state index in [0.717, 1.165) is 24.9 Å². The fourth-order valence-corrected chi connectivity index (χ4v) is 2.10. The number of ether oxygens (including phenoxy) is 1. The number of ketones is 1. The van der Waals surface area contributed by atoms with Gasteiger partial charge in [0.05, 0.1) is 12.3 Å². The molecule has 5 nitrogen and oxygen atoms in total. The summed E-state index contributed by atoms with van der Waals surface area (Å²) >= 11 is 0. The van der Waals surface area contributed by atoms with Gasteiger partial charge in [-0.15, -0.1) is 0 Å². The molecule has 0 bridgehead atoms. The van der Waals surface area contributed by atoms with Crippen LogP contribution >= 0.6 is 0 Å². The van der Waals surface area contributed by atoms with E-state index in [1.54, 1.807) is 6.20 Å². The first kappa shape index (κ1) is 12.3. The number of aryl methyl sites for hydroxylation is 1. The van der Waals surface area contributed by atoms with Gasteiger partial charge < -0.3 is 10.5 Å². The Labute approximate surface area is 101 Å². The molecule has 1 aromatic heterocycles. The van der Waals surface area contributed by atoms with Crippen LogP contribution in [0.1, 0.15) is 25.3 Å². The molecule has 2 unspecified atom stereocenters. The largest absolute Gasteiger partial charge is 0.366 e. The van der Waals surface area contributed by atoms with Crippen LogP contribution in [-0.4, -0.2) is 34.3 Å². The Morgan fingerprint density at radius 2 is 2.47 bits per heavy atom. The average molecular weight is 237 g/mol. The maximum absolute atomic E-state index is 12.0. The zero-order chi connectivity index (χ0) is 12.3. The smallest absolute Gasteiger partial charge is 0.166 e. The monoisotopic (exact) mass is 237 g/mol. The molecule has 2 N–H and O–H groups in total. The summed E-state index contributed by atoms with van der Waals surface area (Å²) in [5.41, 5.74) is 6.48. The summed E-state index contributed by atoms with van der Waals surface area (Å²) in [4.78, 5) is 12.0. The summed E-state index contributed by atoms with van der Waals surface area (Å²) in [5, 5.41) is 4.15. The lowest BCUT2D eigenvalue weighted by atomic mass is 10.1. The summed E-state index contributed by atoms with van der Waals surface area (Å²) in [6, 6.07) is 0. The van der Waals surface area contributed by atoms with Gasteiger partial charge in [-0.25, -0.2) is 0 Å². The van der Waals surface area contributed by atoms with Crippen molar-refractivity contribution in [3.8, 4) is 0 Å². The summed E-state index contributed by atoms with van der Waals surface area (Å²) < 4.78 is 7.40. The van der Waals surface area contributed by atoms with Gasteiger partial charge in [0.2, 0.25) is 0 Å². The molecule has 1 aliphatic rings. The molecule has 0 spiro atoms. The molecule has 94 valence electrons. The van der Waals surface area contributed by atoms with Crippen molar-refractivity contribution in [3.05, 3.63) is 18.0 Å². The van der Waals surface area contributed by atoms with Crippen molar-refractivity contribution in [1.29, 1.82) is 0 Å². The Balaban J connectivity index is 1.89. The van der Waals surface area contributed by atoms with Crippen molar-refractivity contribution < 1.29 is 9.53 Å². The van der Waals surface area contributed by atoms with E-state index >= 15 is 0 Å². The number of carbonyl (C=O) groups excluding carboxylic acids is 1. The number of hydrogen-bond acceptors (Lipinski definition) is 4. The third-order valence-corrected chi connectivity index (χ3v) is 3.12. The van der Waals surface area contributed by atoms with Gasteiger partial charge in [0.25, 0.3) is 0 Å². The molecule has 1 aliphatic heterocycles. The summed E-state index contributed by atoms with van der Waals surface area (Å²) in [6.07, 6.45) is 5.53. The summed E-state index contributed by atoms with van der Waals surface area (Å²) in [5.74, 6) is 0.136. The normalized spacial score (nSPS) is 24.1. The van der Waals surface area contributed by atoms with Gasteiger partial charge in [0, 0.05) is 25.7 Å². The van der Waals surface area contributed by atoms with Gasteiger partial charge in [-0.2, -0.15) is 5.10 Å². The molecule has 0 radical (unpaired) electrons. The molecule has 2 heterocycles. The molecule has 1 saturated heterocycles. The maximum atomic E-state index is 12.0. The van der Waals surface area contributed by atoms with Gasteiger partial charge >= 0.3 is 0 Å². The molecule has 0 saturated carbocycles. The molecule has 0 aromatic carbocycles. The molecule has 2 atom stereocenters. The highest BCUT2D eigenvalue weighted by Crippen LogP contribution is 2.20. The van der Waals surface area contributed by atoms with Crippen LogP contribution in [0.25, 0.3) is 0 Å². The zero-order valence-electron chi connectivity index (χ0n) is 10.1. The lowest BCUT2D eigenvalue weighted by Crippen LogP contribution is -2.26. The van der Waals surface area contributed by atoms with E-state index in [4.69, 9.17) is 10.5 Å². The second-order valence-electron chi connectivity index (χ2n) is 4.41.